The SMILES string of the molecule is CCOC(=O)C1=C(C)N=c2s/c(=C\c3ccc(OCC(=O)[O-])cc3)c(=O)n2[C@H]1c1ccc(OC(C)C)cc1. The molecule has 0 spiro atoms. The van der Waals surface area contributed by atoms with Crippen LogP contribution >= 0.6 is 11.3 Å². The number of benzene rings is 2. The van der Waals surface area contributed by atoms with Gasteiger partial charge in [0.2, 0.25) is 0 Å². The van der Waals surface area contributed by atoms with E-state index < -0.39 is 24.6 Å². The van der Waals surface area contributed by atoms with Crippen LogP contribution in [0.4, 0.5) is 0 Å². The number of esters is 1. The molecule has 198 valence electrons. The summed E-state index contributed by atoms with van der Waals surface area (Å²) in [6.45, 7) is 6.97. The molecule has 0 aliphatic carbocycles. The number of nitrogens with zero attached hydrogens (tertiary/aromatic N) is 2. The van der Waals surface area contributed by atoms with Gasteiger partial charge in [0.05, 0.1) is 40.5 Å². The Balaban J connectivity index is 1.79. The van der Waals surface area contributed by atoms with Gasteiger partial charge in [0.15, 0.2) is 4.80 Å². The second-order valence-electron chi connectivity index (χ2n) is 8.77. The van der Waals surface area contributed by atoms with Crippen LogP contribution < -0.4 is 29.5 Å². The maximum Gasteiger partial charge on any atom is 0.338 e. The smallest absolute Gasteiger partial charge is 0.338 e. The Kier molecular flexibility index (Phi) is 8.11. The molecule has 4 rings (SSSR count). The molecule has 1 aliphatic heterocycles. The molecule has 3 aromatic rings. The Morgan fingerprint density at radius 3 is 2.37 bits per heavy atom. The molecule has 0 saturated carbocycles. The number of allylic oxidation sites excluding steroid dienone is 1. The van der Waals surface area contributed by atoms with Gasteiger partial charge in [0.25, 0.3) is 5.56 Å². The molecular formula is C28H27N2O7S-. The lowest BCUT2D eigenvalue weighted by atomic mass is 9.96. The van der Waals surface area contributed by atoms with Crippen molar-refractivity contribution in [1.82, 2.24) is 4.57 Å². The number of fused-ring (bicyclic) bond motifs is 1. The number of carboxylic acids is 1. The Labute approximate surface area is 222 Å². The number of carboxylic acid groups (broad SMARTS) is 1. The van der Waals surface area contributed by atoms with Gasteiger partial charge in [-0.15, -0.1) is 0 Å². The molecule has 1 aliphatic rings. The monoisotopic (exact) mass is 535 g/mol. The normalized spacial score (nSPS) is 15.2. The zero-order valence-electron chi connectivity index (χ0n) is 21.4. The number of carbonyl (C=O) groups is 2. The molecule has 38 heavy (non-hydrogen) atoms. The maximum absolute atomic E-state index is 13.7. The minimum atomic E-state index is -1.32. The molecule has 0 N–H and O–H groups in total. The Bertz CT molecular complexity index is 1550. The van der Waals surface area contributed by atoms with Gasteiger partial charge in [0, 0.05) is 0 Å². The molecule has 0 fully saturated rings. The van der Waals surface area contributed by atoms with Crippen LogP contribution in [0.3, 0.4) is 0 Å². The van der Waals surface area contributed by atoms with E-state index in [4.69, 9.17) is 14.2 Å². The predicted octanol–water partition coefficient (Wildman–Crippen LogP) is 1.71. The standard InChI is InChI=1S/C28H28N2O7S/c1-5-35-27(34)24-17(4)29-28-30(25(24)19-8-12-21(13-9-19)37-16(2)3)26(33)22(38-28)14-18-6-10-20(11-7-18)36-15-23(31)32/h6-14,16,25H,5,15H2,1-4H3,(H,31,32)/p-1/b22-14-/t25-/m0/s1. The van der Waals surface area contributed by atoms with Crippen molar-refractivity contribution in [1.29, 1.82) is 0 Å². The number of carbonyl (C=O) groups excluding carboxylic acids is 2. The number of ether oxygens (including phenoxy) is 3. The number of hydrogen-bond acceptors (Lipinski definition) is 9. The number of thiazole rings is 1. The molecule has 0 unspecified atom stereocenters. The average Bonchev–Trinajstić information content (AvgIpc) is 3.17. The molecule has 10 heteroatoms. The topological polar surface area (TPSA) is 119 Å². The first-order valence-electron chi connectivity index (χ1n) is 12.1. The van der Waals surface area contributed by atoms with Crippen LogP contribution in [-0.4, -0.2) is 35.8 Å². The summed E-state index contributed by atoms with van der Waals surface area (Å²) in [6, 6.07) is 13.2. The van der Waals surface area contributed by atoms with E-state index in [9.17, 15) is 19.5 Å². The number of aliphatic carboxylic acids is 1. The molecule has 2 heterocycles. The molecule has 0 amide bonds. The highest BCUT2D eigenvalue weighted by Crippen LogP contribution is 2.31. The summed E-state index contributed by atoms with van der Waals surface area (Å²) >= 11 is 1.22. The summed E-state index contributed by atoms with van der Waals surface area (Å²) < 4.78 is 18.1. The largest absolute Gasteiger partial charge is 0.546 e. The quantitative estimate of drug-likeness (QED) is 0.383. The summed E-state index contributed by atoms with van der Waals surface area (Å²) in [5, 5.41) is 10.6. The van der Waals surface area contributed by atoms with E-state index in [-0.39, 0.29) is 18.3 Å². The van der Waals surface area contributed by atoms with E-state index >= 15 is 0 Å². The van der Waals surface area contributed by atoms with Crippen molar-refractivity contribution >= 4 is 29.4 Å². The van der Waals surface area contributed by atoms with Gasteiger partial charge >= 0.3 is 5.97 Å². The lowest BCUT2D eigenvalue weighted by Crippen LogP contribution is -2.39. The third kappa shape index (κ3) is 5.86. The summed E-state index contributed by atoms with van der Waals surface area (Å²) in [5.41, 5.74) is 1.92. The predicted molar refractivity (Wildman–Crippen MR) is 140 cm³/mol. The first-order valence-corrected chi connectivity index (χ1v) is 12.9. The van der Waals surface area contributed by atoms with Gasteiger partial charge in [0.1, 0.15) is 18.1 Å². The Morgan fingerprint density at radius 2 is 1.76 bits per heavy atom. The Morgan fingerprint density at radius 1 is 1.11 bits per heavy atom. The van der Waals surface area contributed by atoms with Crippen LogP contribution in [0, 0.1) is 0 Å². The highest BCUT2D eigenvalue weighted by molar-refractivity contribution is 7.07. The Hall–Kier alpha value is -4.18. The van der Waals surface area contributed by atoms with E-state index in [0.29, 0.717) is 37.7 Å². The zero-order chi connectivity index (χ0) is 27.4. The lowest BCUT2D eigenvalue weighted by molar-refractivity contribution is -0.307. The number of rotatable bonds is 9. The molecule has 2 aromatic carbocycles. The van der Waals surface area contributed by atoms with Gasteiger partial charge < -0.3 is 24.1 Å². The average molecular weight is 536 g/mol. The number of aromatic nitrogens is 1. The van der Waals surface area contributed by atoms with Gasteiger partial charge in [-0.25, -0.2) is 9.79 Å². The second kappa shape index (κ2) is 11.5. The third-order valence-corrected chi connectivity index (χ3v) is 6.60. The molecule has 0 radical (unpaired) electrons. The fourth-order valence-corrected chi connectivity index (χ4v) is 5.11. The van der Waals surface area contributed by atoms with Gasteiger partial charge in [-0.1, -0.05) is 35.6 Å². The van der Waals surface area contributed by atoms with Crippen molar-refractivity contribution < 1.29 is 28.9 Å². The van der Waals surface area contributed by atoms with Crippen LogP contribution in [0.25, 0.3) is 6.08 Å². The van der Waals surface area contributed by atoms with E-state index in [1.807, 2.05) is 38.1 Å². The summed E-state index contributed by atoms with van der Waals surface area (Å²) in [4.78, 5) is 42.3. The fourth-order valence-electron chi connectivity index (χ4n) is 4.06. The third-order valence-electron chi connectivity index (χ3n) is 5.62. The van der Waals surface area contributed by atoms with Gasteiger partial charge in [-0.2, -0.15) is 0 Å². The van der Waals surface area contributed by atoms with E-state index in [0.717, 1.165) is 5.56 Å². The molecule has 0 saturated heterocycles. The molecule has 1 atom stereocenters. The van der Waals surface area contributed by atoms with Crippen LogP contribution in [0.2, 0.25) is 0 Å². The van der Waals surface area contributed by atoms with Gasteiger partial charge in [-0.3, -0.25) is 9.36 Å². The first-order chi connectivity index (χ1) is 18.2. The van der Waals surface area contributed by atoms with Crippen molar-refractivity contribution in [3.05, 3.63) is 90.6 Å². The summed E-state index contributed by atoms with van der Waals surface area (Å²) in [6.07, 6.45) is 1.72. The summed E-state index contributed by atoms with van der Waals surface area (Å²) in [7, 11) is 0. The summed E-state index contributed by atoms with van der Waals surface area (Å²) in [5.74, 6) is -0.791. The van der Waals surface area contributed by atoms with Gasteiger partial charge in [-0.05, 0) is 69.2 Å². The fraction of sp³-hybridized carbons (Fsp3) is 0.286. The number of hydrogen-bond donors (Lipinski definition) is 0. The van der Waals surface area contributed by atoms with Crippen LogP contribution in [0.5, 0.6) is 11.5 Å². The van der Waals surface area contributed by atoms with E-state index in [1.54, 1.807) is 44.2 Å². The van der Waals surface area contributed by atoms with Crippen molar-refractivity contribution in [2.75, 3.05) is 13.2 Å². The second-order valence-corrected chi connectivity index (χ2v) is 9.78. The van der Waals surface area contributed by atoms with Crippen molar-refractivity contribution in [3.8, 4) is 11.5 Å². The van der Waals surface area contributed by atoms with Crippen molar-refractivity contribution in [2.24, 2.45) is 4.99 Å². The van der Waals surface area contributed by atoms with Crippen molar-refractivity contribution in [2.45, 2.75) is 39.8 Å². The van der Waals surface area contributed by atoms with E-state index in [1.165, 1.54) is 15.9 Å². The molecular weight excluding hydrogens is 508 g/mol. The zero-order valence-corrected chi connectivity index (χ0v) is 22.2. The highest BCUT2D eigenvalue weighted by Gasteiger charge is 2.33. The van der Waals surface area contributed by atoms with Crippen LogP contribution in [0.15, 0.2) is 69.6 Å². The molecule has 1 aromatic heterocycles. The lowest BCUT2D eigenvalue weighted by Gasteiger charge is -2.25. The molecule has 0 bridgehead atoms. The van der Waals surface area contributed by atoms with Crippen LogP contribution in [0.1, 0.15) is 44.9 Å². The minimum absolute atomic E-state index is 0.00515. The van der Waals surface area contributed by atoms with E-state index in [2.05, 4.69) is 4.99 Å². The maximum atomic E-state index is 13.7. The van der Waals surface area contributed by atoms with Crippen molar-refractivity contribution in [3.63, 3.8) is 0 Å². The first kappa shape index (κ1) is 26.9. The highest BCUT2D eigenvalue weighted by atomic mass is 32.1. The van der Waals surface area contributed by atoms with Crippen LogP contribution in [-0.2, 0) is 14.3 Å². The molecule has 9 nitrogen and oxygen atoms in total. The minimum Gasteiger partial charge on any atom is -0.546 e.